The summed E-state index contributed by atoms with van der Waals surface area (Å²) >= 11 is 0. The van der Waals surface area contributed by atoms with E-state index in [1.165, 1.54) is 25.6 Å². The van der Waals surface area contributed by atoms with Gasteiger partial charge in [0.1, 0.15) is 5.75 Å². The fourth-order valence-electron chi connectivity index (χ4n) is 1.18. The quantitative estimate of drug-likeness (QED) is 0.842. The van der Waals surface area contributed by atoms with Crippen LogP contribution in [0.5, 0.6) is 5.75 Å². The van der Waals surface area contributed by atoms with Gasteiger partial charge in [0.2, 0.25) is 0 Å². The van der Waals surface area contributed by atoms with E-state index in [0.29, 0.717) is 17.1 Å². The molecule has 0 saturated heterocycles. The molecule has 2 rings (SSSR count). The van der Waals surface area contributed by atoms with Crippen LogP contribution < -0.4 is 4.74 Å². The second-order valence-electron chi connectivity index (χ2n) is 2.99. The van der Waals surface area contributed by atoms with Gasteiger partial charge in [0.15, 0.2) is 11.5 Å². The van der Waals surface area contributed by atoms with Gasteiger partial charge in [0.25, 0.3) is 0 Å². The van der Waals surface area contributed by atoms with Crippen molar-refractivity contribution in [3.8, 4) is 17.1 Å². The van der Waals surface area contributed by atoms with Crippen LogP contribution >= 0.6 is 0 Å². The lowest BCUT2D eigenvalue weighted by Gasteiger charge is -1.99. The summed E-state index contributed by atoms with van der Waals surface area (Å²) in [5, 5.41) is 12.1. The van der Waals surface area contributed by atoms with Gasteiger partial charge in [0, 0.05) is 17.8 Å². The van der Waals surface area contributed by atoms with Crippen LogP contribution in [0, 0.1) is 0 Å². The molecule has 6 nitrogen and oxygen atoms in total. The predicted molar refractivity (Wildman–Crippen MR) is 53.2 cm³/mol. The van der Waals surface area contributed by atoms with Crippen molar-refractivity contribution in [2.24, 2.45) is 0 Å². The van der Waals surface area contributed by atoms with Gasteiger partial charge in [0.05, 0.1) is 13.3 Å². The Hall–Kier alpha value is -2.37. The summed E-state index contributed by atoms with van der Waals surface area (Å²) in [4.78, 5) is 14.5. The van der Waals surface area contributed by atoms with Crippen LogP contribution in [0.25, 0.3) is 11.3 Å². The first-order chi connectivity index (χ1) is 7.70. The van der Waals surface area contributed by atoms with Crippen LogP contribution in [0.1, 0.15) is 10.5 Å². The molecule has 6 heteroatoms. The molecule has 2 aromatic heterocycles. The number of rotatable bonds is 3. The zero-order valence-corrected chi connectivity index (χ0v) is 8.38. The minimum atomic E-state index is -1.13. The van der Waals surface area contributed by atoms with E-state index in [1.807, 2.05) is 0 Å². The first-order valence-electron chi connectivity index (χ1n) is 4.40. The normalized spacial score (nSPS) is 10.1. The van der Waals surface area contributed by atoms with E-state index in [2.05, 4.69) is 10.1 Å². The minimum Gasteiger partial charge on any atom is -0.495 e. The van der Waals surface area contributed by atoms with E-state index in [-0.39, 0.29) is 5.69 Å². The number of nitrogens with zero attached hydrogens (tertiary/aromatic N) is 2. The van der Waals surface area contributed by atoms with E-state index < -0.39 is 5.97 Å². The zero-order valence-electron chi connectivity index (χ0n) is 8.38. The van der Waals surface area contributed by atoms with Crippen molar-refractivity contribution >= 4 is 5.97 Å². The van der Waals surface area contributed by atoms with Gasteiger partial charge in [-0.1, -0.05) is 5.16 Å². The molecule has 16 heavy (non-hydrogen) atoms. The molecule has 0 saturated carbocycles. The van der Waals surface area contributed by atoms with E-state index in [4.69, 9.17) is 14.4 Å². The first kappa shape index (κ1) is 10.2. The SMILES string of the molecule is COc1cncc(-c2cc(C(=O)O)no2)c1. The Morgan fingerprint density at radius 2 is 2.25 bits per heavy atom. The average Bonchev–Trinajstić information content (AvgIpc) is 2.78. The molecule has 0 fully saturated rings. The Balaban J connectivity index is 2.38. The monoisotopic (exact) mass is 220 g/mol. The fraction of sp³-hybridized carbons (Fsp3) is 0.100. The number of methoxy groups -OCH3 is 1. The summed E-state index contributed by atoms with van der Waals surface area (Å²) in [5.41, 5.74) is 0.470. The number of aromatic carboxylic acids is 1. The molecule has 0 amide bonds. The number of ether oxygens (including phenoxy) is 1. The maximum absolute atomic E-state index is 10.6. The van der Waals surface area contributed by atoms with E-state index in [1.54, 1.807) is 6.07 Å². The van der Waals surface area contributed by atoms with E-state index in [0.717, 1.165) is 0 Å². The van der Waals surface area contributed by atoms with Gasteiger partial charge in [-0.15, -0.1) is 0 Å². The van der Waals surface area contributed by atoms with Crippen molar-refractivity contribution < 1.29 is 19.2 Å². The van der Waals surface area contributed by atoms with Crippen molar-refractivity contribution in [2.45, 2.75) is 0 Å². The Morgan fingerprint density at radius 3 is 2.88 bits per heavy atom. The Labute approximate surface area is 90.5 Å². The van der Waals surface area contributed by atoms with Crippen LogP contribution in [0.3, 0.4) is 0 Å². The van der Waals surface area contributed by atoms with Crippen LogP contribution in [0.2, 0.25) is 0 Å². The predicted octanol–water partition coefficient (Wildman–Crippen LogP) is 1.44. The maximum Gasteiger partial charge on any atom is 0.358 e. The molecule has 0 bridgehead atoms. The number of aromatic nitrogens is 2. The number of carboxylic acid groups (broad SMARTS) is 1. The van der Waals surface area contributed by atoms with Crippen LogP contribution in [0.15, 0.2) is 29.0 Å². The highest BCUT2D eigenvalue weighted by molar-refractivity contribution is 5.86. The van der Waals surface area contributed by atoms with Crippen LogP contribution in [-0.4, -0.2) is 28.3 Å². The summed E-state index contributed by atoms with van der Waals surface area (Å²) < 4.78 is 9.87. The lowest BCUT2D eigenvalue weighted by molar-refractivity contribution is 0.0686. The molecule has 0 aliphatic carbocycles. The minimum absolute atomic E-state index is 0.141. The molecule has 0 aliphatic heterocycles. The summed E-state index contributed by atoms with van der Waals surface area (Å²) in [7, 11) is 1.52. The van der Waals surface area contributed by atoms with E-state index in [9.17, 15) is 4.79 Å². The molecular weight excluding hydrogens is 212 g/mol. The first-order valence-corrected chi connectivity index (χ1v) is 4.40. The van der Waals surface area contributed by atoms with Crippen LogP contribution in [-0.2, 0) is 0 Å². The van der Waals surface area contributed by atoms with Crippen molar-refractivity contribution in [1.82, 2.24) is 10.1 Å². The molecule has 0 atom stereocenters. The largest absolute Gasteiger partial charge is 0.495 e. The van der Waals surface area contributed by atoms with Gasteiger partial charge in [-0.25, -0.2) is 4.79 Å². The molecule has 1 N–H and O–H groups in total. The number of carbonyl (C=O) groups is 1. The zero-order chi connectivity index (χ0) is 11.5. The summed E-state index contributed by atoms with van der Waals surface area (Å²) in [5.74, 6) is -0.236. The summed E-state index contributed by atoms with van der Waals surface area (Å²) in [6.07, 6.45) is 3.08. The third-order valence-corrected chi connectivity index (χ3v) is 1.96. The Morgan fingerprint density at radius 1 is 1.44 bits per heavy atom. The lowest BCUT2D eigenvalue weighted by Crippen LogP contribution is -1.94. The number of hydrogen-bond acceptors (Lipinski definition) is 5. The van der Waals surface area contributed by atoms with E-state index >= 15 is 0 Å². The van der Waals surface area contributed by atoms with Crippen molar-refractivity contribution in [3.63, 3.8) is 0 Å². The highest BCUT2D eigenvalue weighted by Gasteiger charge is 2.12. The summed E-state index contributed by atoms with van der Waals surface area (Å²) in [6, 6.07) is 3.01. The third kappa shape index (κ3) is 1.85. The molecular formula is C10H8N2O4. The fourth-order valence-corrected chi connectivity index (χ4v) is 1.18. The topological polar surface area (TPSA) is 85.5 Å². The number of pyridine rings is 1. The maximum atomic E-state index is 10.6. The van der Waals surface area contributed by atoms with Gasteiger partial charge in [-0.3, -0.25) is 4.98 Å². The molecule has 0 unspecified atom stereocenters. The van der Waals surface area contributed by atoms with Gasteiger partial charge in [-0.05, 0) is 6.07 Å². The van der Waals surface area contributed by atoms with Crippen molar-refractivity contribution in [2.75, 3.05) is 7.11 Å². The molecule has 2 heterocycles. The highest BCUT2D eigenvalue weighted by Crippen LogP contribution is 2.22. The Kier molecular flexibility index (Phi) is 2.55. The second kappa shape index (κ2) is 4.01. The molecule has 0 spiro atoms. The molecule has 0 aromatic carbocycles. The molecule has 0 aliphatic rings. The smallest absolute Gasteiger partial charge is 0.358 e. The molecule has 82 valence electrons. The number of carboxylic acids is 1. The lowest BCUT2D eigenvalue weighted by atomic mass is 10.2. The molecule has 0 radical (unpaired) electrons. The summed E-state index contributed by atoms with van der Waals surface area (Å²) in [6.45, 7) is 0. The third-order valence-electron chi connectivity index (χ3n) is 1.96. The average molecular weight is 220 g/mol. The Bertz CT molecular complexity index is 521. The van der Waals surface area contributed by atoms with Gasteiger partial charge in [-0.2, -0.15) is 0 Å². The standard InChI is InChI=1S/C10H8N2O4/c1-15-7-2-6(4-11-5-7)9-3-8(10(13)14)12-16-9/h2-5H,1H3,(H,13,14). The highest BCUT2D eigenvalue weighted by atomic mass is 16.5. The van der Waals surface area contributed by atoms with Crippen molar-refractivity contribution in [1.29, 1.82) is 0 Å². The number of hydrogen-bond donors (Lipinski definition) is 1. The van der Waals surface area contributed by atoms with Crippen LogP contribution in [0.4, 0.5) is 0 Å². The molecule has 2 aromatic rings. The van der Waals surface area contributed by atoms with Crippen molar-refractivity contribution in [3.05, 3.63) is 30.2 Å². The van der Waals surface area contributed by atoms with Gasteiger partial charge >= 0.3 is 5.97 Å². The van der Waals surface area contributed by atoms with Gasteiger partial charge < -0.3 is 14.4 Å². The second-order valence-corrected chi connectivity index (χ2v) is 2.99.